The average Bonchev–Trinajstić information content (AvgIpc) is 2.69. The monoisotopic (exact) mass is 457 g/mol. The maximum atomic E-state index is 13.5. The van der Waals surface area contributed by atoms with Gasteiger partial charge in [-0.1, -0.05) is 63.4 Å². The van der Waals surface area contributed by atoms with Gasteiger partial charge in [-0.05, 0) is 52.5 Å². The molecule has 0 aliphatic rings. The van der Waals surface area contributed by atoms with E-state index in [9.17, 15) is 14.4 Å². The van der Waals surface area contributed by atoms with Crippen molar-refractivity contribution >= 4 is 17.9 Å². The van der Waals surface area contributed by atoms with Gasteiger partial charge in [-0.3, -0.25) is 14.5 Å². The minimum absolute atomic E-state index is 0.0778. The molecule has 2 N–H and O–H groups in total. The number of carbonyl (C=O) groups excluding carboxylic acids is 3. The van der Waals surface area contributed by atoms with E-state index in [1.807, 2.05) is 32.9 Å². The lowest BCUT2D eigenvalue weighted by Gasteiger charge is -2.32. The molecule has 33 heavy (non-hydrogen) atoms. The van der Waals surface area contributed by atoms with Crippen LogP contribution in [0.1, 0.15) is 78.5 Å². The fourth-order valence-electron chi connectivity index (χ4n) is 3.36. The van der Waals surface area contributed by atoms with Gasteiger partial charge in [-0.25, -0.2) is 4.79 Å². The zero-order valence-corrected chi connectivity index (χ0v) is 21.2. The molecule has 0 heterocycles. The van der Waals surface area contributed by atoms with Crippen LogP contribution in [-0.2, 0) is 14.3 Å². The maximum Gasteiger partial charge on any atom is 0.408 e. The van der Waals surface area contributed by atoms with Crippen molar-refractivity contribution in [1.29, 1.82) is 0 Å². The number of nitrogens with one attached hydrogen (secondary N) is 2. The molecule has 0 aromatic heterocycles. The maximum absolute atomic E-state index is 13.5. The van der Waals surface area contributed by atoms with Gasteiger partial charge in [0.2, 0.25) is 5.91 Å². The Kier molecular flexibility index (Phi) is 10.4. The second-order valence-electron chi connectivity index (χ2n) is 9.72. The van der Waals surface area contributed by atoms with Gasteiger partial charge in [0.25, 0.3) is 5.91 Å². The van der Waals surface area contributed by atoms with Gasteiger partial charge in [-0.15, -0.1) is 0 Å². The van der Waals surface area contributed by atoms with E-state index in [2.05, 4.69) is 16.7 Å². The van der Waals surface area contributed by atoms with Crippen LogP contribution < -0.4 is 10.6 Å². The lowest BCUT2D eigenvalue weighted by molar-refractivity contribution is -0.139. The number of aryl methyl sites for hydroxylation is 1. The van der Waals surface area contributed by atoms with E-state index >= 15 is 0 Å². The molecule has 3 unspecified atom stereocenters. The first kappa shape index (κ1) is 28.0. The number of hydrogen-bond acceptors (Lipinski definition) is 4. The summed E-state index contributed by atoms with van der Waals surface area (Å²) in [4.78, 5) is 40.3. The fraction of sp³-hybridized carbons (Fsp3) is 0.577. The molecule has 0 saturated carbocycles. The molecule has 1 rings (SSSR count). The SMILES string of the molecule is C#CN(C(=O)C(NC(=O)OC(C)(C)C)C(C)C)C(C(=O)NC(C)CCC)c1ccc(C)cc1. The highest BCUT2D eigenvalue weighted by molar-refractivity contribution is 5.93. The Morgan fingerprint density at radius 3 is 2.12 bits per heavy atom. The number of carbonyl (C=O) groups is 3. The molecule has 3 atom stereocenters. The van der Waals surface area contributed by atoms with Gasteiger partial charge < -0.3 is 15.4 Å². The van der Waals surface area contributed by atoms with Crippen LogP contribution >= 0.6 is 0 Å². The molecule has 0 radical (unpaired) electrons. The van der Waals surface area contributed by atoms with Gasteiger partial charge in [0.05, 0.1) is 0 Å². The van der Waals surface area contributed by atoms with Gasteiger partial charge >= 0.3 is 6.09 Å². The van der Waals surface area contributed by atoms with E-state index in [0.717, 1.165) is 23.3 Å². The summed E-state index contributed by atoms with van der Waals surface area (Å²) in [5.74, 6) is -1.21. The molecule has 7 heteroatoms. The third-order valence-corrected chi connectivity index (χ3v) is 4.99. The smallest absolute Gasteiger partial charge is 0.408 e. The lowest BCUT2D eigenvalue weighted by atomic mass is 9.98. The summed E-state index contributed by atoms with van der Waals surface area (Å²) in [5.41, 5.74) is 0.885. The molecule has 0 spiro atoms. The van der Waals surface area contributed by atoms with Crippen LogP contribution in [-0.4, -0.2) is 40.5 Å². The number of amides is 3. The van der Waals surface area contributed by atoms with Crippen LogP contribution in [0, 0.1) is 25.3 Å². The van der Waals surface area contributed by atoms with Crippen molar-refractivity contribution in [3.05, 3.63) is 35.4 Å². The summed E-state index contributed by atoms with van der Waals surface area (Å²) >= 11 is 0. The van der Waals surface area contributed by atoms with Crippen molar-refractivity contribution in [3.63, 3.8) is 0 Å². The second-order valence-corrected chi connectivity index (χ2v) is 9.72. The predicted molar refractivity (Wildman–Crippen MR) is 130 cm³/mol. The van der Waals surface area contributed by atoms with Crippen molar-refractivity contribution in [1.82, 2.24) is 15.5 Å². The van der Waals surface area contributed by atoms with Crippen molar-refractivity contribution in [3.8, 4) is 12.5 Å². The number of ether oxygens (including phenoxy) is 1. The van der Waals surface area contributed by atoms with Gasteiger partial charge in [0.15, 0.2) is 0 Å². The van der Waals surface area contributed by atoms with Crippen LogP contribution in [0.3, 0.4) is 0 Å². The molecule has 1 aromatic carbocycles. The van der Waals surface area contributed by atoms with Gasteiger partial charge in [0.1, 0.15) is 17.7 Å². The van der Waals surface area contributed by atoms with Gasteiger partial charge in [0, 0.05) is 12.1 Å². The molecule has 182 valence electrons. The van der Waals surface area contributed by atoms with Crippen molar-refractivity contribution < 1.29 is 19.1 Å². The predicted octanol–water partition coefficient (Wildman–Crippen LogP) is 4.31. The number of terminal acetylenes is 1. The number of hydrogen-bond donors (Lipinski definition) is 2. The minimum atomic E-state index is -1.04. The van der Waals surface area contributed by atoms with Crippen LogP contribution in [0.15, 0.2) is 24.3 Å². The molecular formula is C26H39N3O4. The van der Waals surface area contributed by atoms with Crippen LogP contribution in [0.5, 0.6) is 0 Å². The normalized spacial score (nSPS) is 13.9. The molecule has 0 saturated heterocycles. The zero-order chi connectivity index (χ0) is 25.3. The number of benzene rings is 1. The number of alkyl carbamates (subject to hydrolysis) is 1. The van der Waals surface area contributed by atoms with E-state index < -0.39 is 29.7 Å². The molecule has 0 fully saturated rings. The standard InChI is InChI=1S/C26H39N3O4/c1-10-12-19(6)27-23(30)22(20-15-13-18(5)14-16-20)29(11-2)24(31)21(17(3)4)28-25(32)33-26(7,8)9/h2,13-17,19,21-22H,10,12H2,1,3-9H3,(H,27,30)(H,28,32). The largest absolute Gasteiger partial charge is 0.444 e. The average molecular weight is 458 g/mol. The summed E-state index contributed by atoms with van der Waals surface area (Å²) < 4.78 is 5.32. The van der Waals surface area contributed by atoms with Crippen molar-refractivity contribution in [2.24, 2.45) is 5.92 Å². The zero-order valence-electron chi connectivity index (χ0n) is 21.2. The third-order valence-electron chi connectivity index (χ3n) is 4.99. The van der Waals surface area contributed by atoms with E-state index in [1.54, 1.807) is 46.8 Å². The second kappa shape index (κ2) is 12.3. The lowest BCUT2D eigenvalue weighted by Crippen LogP contribution is -2.54. The minimum Gasteiger partial charge on any atom is -0.444 e. The first-order chi connectivity index (χ1) is 15.3. The first-order valence-corrected chi connectivity index (χ1v) is 11.5. The summed E-state index contributed by atoms with van der Waals surface area (Å²) in [6.07, 6.45) is 6.75. The van der Waals surface area contributed by atoms with Crippen LogP contribution in [0.25, 0.3) is 0 Å². The van der Waals surface area contributed by atoms with E-state index in [0.29, 0.717) is 5.56 Å². The Bertz CT molecular complexity index is 850. The Morgan fingerprint density at radius 2 is 1.67 bits per heavy atom. The Hall–Kier alpha value is -3.01. The molecule has 7 nitrogen and oxygen atoms in total. The van der Waals surface area contributed by atoms with E-state index in [4.69, 9.17) is 11.2 Å². The van der Waals surface area contributed by atoms with Crippen molar-refractivity contribution in [2.45, 2.75) is 92.0 Å². The summed E-state index contributed by atoms with van der Waals surface area (Å²) in [5, 5.41) is 5.59. The highest BCUT2D eigenvalue weighted by atomic mass is 16.6. The third kappa shape index (κ3) is 8.80. The van der Waals surface area contributed by atoms with E-state index in [1.165, 1.54) is 0 Å². The highest BCUT2D eigenvalue weighted by Gasteiger charge is 2.37. The van der Waals surface area contributed by atoms with Crippen LogP contribution in [0.2, 0.25) is 0 Å². The molecule has 0 bridgehead atoms. The fourth-order valence-corrected chi connectivity index (χ4v) is 3.36. The quantitative estimate of drug-likeness (QED) is 0.427. The molecule has 1 aromatic rings. The van der Waals surface area contributed by atoms with E-state index in [-0.39, 0.29) is 17.9 Å². The summed E-state index contributed by atoms with van der Waals surface area (Å²) in [6, 6.07) is 7.60. The highest BCUT2D eigenvalue weighted by Crippen LogP contribution is 2.24. The first-order valence-electron chi connectivity index (χ1n) is 11.5. The number of nitrogens with zero attached hydrogens (tertiary/aromatic N) is 1. The molecule has 0 aliphatic carbocycles. The Balaban J connectivity index is 3.32. The Morgan fingerprint density at radius 1 is 1.09 bits per heavy atom. The molecular weight excluding hydrogens is 418 g/mol. The summed E-state index contributed by atoms with van der Waals surface area (Å²) in [7, 11) is 0. The van der Waals surface area contributed by atoms with Crippen molar-refractivity contribution in [2.75, 3.05) is 0 Å². The number of rotatable bonds is 9. The molecule has 0 aliphatic heterocycles. The summed E-state index contributed by atoms with van der Waals surface area (Å²) in [6.45, 7) is 14.7. The van der Waals surface area contributed by atoms with Gasteiger partial charge in [-0.2, -0.15) is 0 Å². The van der Waals surface area contributed by atoms with Crippen LogP contribution in [0.4, 0.5) is 4.79 Å². The molecule has 3 amide bonds. The Labute approximate surface area is 198 Å². The topological polar surface area (TPSA) is 87.7 Å².